The molecule has 1 aliphatic rings. The van der Waals surface area contributed by atoms with E-state index in [9.17, 15) is 0 Å². The first-order valence-corrected chi connectivity index (χ1v) is 10.4. The van der Waals surface area contributed by atoms with Crippen LogP contribution < -0.4 is 20.1 Å². The first-order chi connectivity index (χ1) is 14.8. The van der Waals surface area contributed by atoms with E-state index in [4.69, 9.17) is 14.2 Å². The molecule has 0 radical (unpaired) electrons. The number of rotatable bonds is 9. The predicted octanol–water partition coefficient (Wildman–Crippen LogP) is 2.89. The van der Waals surface area contributed by atoms with Crippen molar-refractivity contribution in [2.75, 3.05) is 53.6 Å². The third kappa shape index (κ3) is 8.54. The van der Waals surface area contributed by atoms with Crippen LogP contribution in [0.1, 0.15) is 11.1 Å². The SMILES string of the molecule is CN=C(NCc1ccc(OC)cc1)NCc1ccccc1OCCN1CCOCC1.I. The molecule has 1 heterocycles. The fourth-order valence-electron chi connectivity index (χ4n) is 3.23. The molecule has 0 amide bonds. The summed E-state index contributed by atoms with van der Waals surface area (Å²) in [6.07, 6.45) is 0. The zero-order chi connectivity index (χ0) is 21.0. The molecule has 1 fully saturated rings. The maximum atomic E-state index is 6.06. The molecule has 7 nitrogen and oxygen atoms in total. The lowest BCUT2D eigenvalue weighted by Gasteiger charge is -2.26. The Balaban J connectivity index is 0.00000341. The van der Waals surface area contributed by atoms with Crippen LogP contribution in [-0.4, -0.2) is 64.5 Å². The highest BCUT2D eigenvalue weighted by molar-refractivity contribution is 14.0. The molecule has 2 aromatic carbocycles. The highest BCUT2D eigenvalue weighted by Gasteiger charge is 2.11. The zero-order valence-electron chi connectivity index (χ0n) is 18.3. The smallest absolute Gasteiger partial charge is 0.191 e. The number of nitrogens with one attached hydrogen (secondary N) is 2. The Hall–Kier alpha value is -2.04. The summed E-state index contributed by atoms with van der Waals surface area (Å²) in [5, 5.41) is 6.70. The molecule has 170 valence electrons. The molecule has 0 spiro atoms. The van der Waals surface area contributed by atoms with Gasteiger partial charge in [0.1, 0.15) is 18.1 Å². The highest BCUT2D eigenvalue weighted by atomic mass is 127. The normalized spacial score (nSPS) is 14.5. The molecule has 0 atom stereocenters. The Morgan fingerprint density at radius 3 is 2.45 bits per heavy atom. The van der Waals surface area contributed by atoms with Gasteiger partial charge >= 0.3 is 0 Å². The fourth-order valence-corrected chi connectivity index (χ4v) is 3.23. The van der Waals surface area contributed by atoms with Gasteiger partial charge in [0.05, 0.1) is 20.3 Å². The minimum atomic E-state index is 0. The topological polar surface area (TPSA) is 67.4 Å². The average Bonchev–Trinajstić information content (AvgIpc) is 2.81. The van der Waals surface area contributed by atoms with Crippen LogP contribution in [0, 0.1) is 0 Å². The summed E-state index contributed by atoms with van der Waals surface area (Å²) in [7, 11) is 3.44. The number of nitrogens with zero attached hydrogens (tertiary/aromatic N) is 2. The summed E-state index contributed by atoms with van der Waals surface area (Å²) in [6.45, 7) is 6.47. The minimum absolute atomic E-state index is 0. The molecule has 31 heavy (non-hydrogen) atoms. The average molecular weight is 540 g/mol. The maximum Gasteiger partial charge on any atom is 0.191 e. The van der Waals surface area contributed by atoms with E-state index in [0.29, 0.717) is 19.7 Å². The second-order valence-corrected chi connectivity index (χ2v) is 7.04. The minimum Gasteiger partial charge on any atom is -0.497 e. The standard InChI is InChI=1S/C23H32N4O3.HI/c1-24-23(25-17-19-7-9-21(28-2)10-8-19)26-18-20-5-3-4-6-22(20)30-16-13-27-11-14-29-15-12-27;/h3-10H,11-18H2,1-2H3,(H2,24,25,26);1H. The molecule has 0 unspecified atom stereocenters. The summed E-state index contributed by atoms with van der Waals surface area (Å²) in [5.41, 5.74) is 2.26. The van der Waals surface area contributed by atoms with Gasteiger partial charge in [0.25, 0.3) is 0 Å². The summed E-state index contributed by atoms with van der Waals surface area (Å²) in [5.74, 6) is 2.50. The number of guanidine groups is 1. The molecular formula is C23H33IN4O3. The molecule has 0 aromatic heterocycles. The number of halogens is 1. The number of para-hydroxylation sites is 1. The number of methoxy groups -OCH3 is 1. The summed E-state index contributed by atoms with van der Waals surface area (Å²) < 4.78 is 16.7. The lowest BCUT2D eigenvalue weighted by atomic mass is 10.2. The molecule has 0 saturated carbocycles. The van der Waals surface area contributed by atoms with Crippen molar-refractivity contribution in [1.82, 2.24) is 15.5 Å². The van der Waals surface area contributed by atoms with Gasteiger partial charge in [0.2, 0.25) is 0 Å². The van der Waals surface area contributed by atoms with Crippen LogP contribution in [0.15, 0.2) is 53.5 Å². The molecule has 8 heteroatoms. The van der Waals surface area contributed by atoms with Gasteiger partial charge in [0.15, 0.2) is 5.96 Å². The maximum absolute atomic E-state index is 6.06. The van der Waals surface area contributed by atoms with Crippen molar-refractivity contribution in [3.63, 3.8) is 0 Å². The second kappa shape index (κ2) is 14.1. The van der Waals surface area contributed by atoms with E-state index in [0.717, 1.165) is 61.4 Å². The van der Waals surface area contributed by atoms with E-state index in [1.54, 1.807) is 14.2 Å². The van der Waals surface area contributed by atoms with Crippen LogP contribution in [-0.2, 0) is 17.8 Å². The number of benzene rings is 2. The van der Waals surface area contributed by atoms with Crippen LogP contribution >= 0.6 is 24.0 Å². The molecule has 1 saturated heterocycles. The Morgan fingerprint density at radius 1 is 1.03 bits per heavy atom. The van der Waals surface area contributed by atoms with E-state index in [-0.39, 0.29) is 24.0 Å². The third-order valence-electron chi connectivity index (χ3n) is 5.03. The van der Waals surface area contributed by atoms with Crippen molar-refractivity contribution in [3.8, 4) is 11.5 Å². The van der Waals surface area contributed by atoms with Gasteiger partial charge in [0, 0.05) is 45.3 Å². The monoisotopic (exact) mass is 540 g/mol. The summed E-state index contributed by atoms with van der Waals surface area (Å²) >= 11 is 0. The zero-order valence-corrected chi connectivity index (χ0v) is 20.6. The highest BCUT2D eigenvalue weighted by Crippen LogP contribution is 2.18. The van der Waals surface area contributed by atoms with Crippen LogP contribution in [0.25, 0.3) is 0 Å². The lowest BCUT2D eigenvalue weighted by Crippen LogP contribution is -2.38. The van der Waals surface area contributed by atoms with Gasteiger partial charge in [-0.3, -0.25) is 9.89 Å². The molecule has 1 aliphatic heterocycles. The summed E-state index contributed by atoms with van der Waals surface area (Å²) in [4.78, 5) is 6.69. The van der Waals surface area contributed by atoms with Crippen LogP contribution in [0.2, 0.25) is 0 Å². The molecule has 3 rings (SSSR count). The van der Waals surface area contributed by atoms with Crippen LogP contribution in [0.4, 0.5) is 0 Å². The van der Waals surface area contributed by atoms with Crippen molar-refractivity contribution in [2.45, 2.75) is 13.1 Å². The second-order valence-electron chi connectivity index (χ2n) is 7.04. The molecular weight excluding hydrogens is 507 g/mol. The van der Waals surface area contributed by atoms with Gasteiger partial charge in [-0.25, -0.2) is 0 Å². The first-order valence-electron chi connectivity index (χ1n) is 10.4. The van der Waals surface area contributed by atoms with E-state index in [1.165, 1.54) is 0 Å². The van der Waals surface area contributed by atoms with Gasteiger partial charge in [-0.05, 0) is 23.8 Å². The number of hydrogen-bond donors (Lipinski definition) is 2. The van der Waals surface area contributed by atoms with Crippen LogP contribution in [0.5, 0.6) is 11.5 Å². The number of morpholine rings is 1. The van der Waals surface area contributed by atoms with Crippen molar-refractivity contribution >= 4 is 29.9 Å². The van der Waals surface area contributed by atoms with Crippen molar-refractivity contribution < 1.29 is 14.2 Å². The lowest BCUT2D eigenvalue weighted by molar-refractivity contribution is 0.0322. The van der Waals surface area contributed by atoms with Crippen molar-refractivity contribution in [2.24, 2.45) is 4.99 Å². The first kappa shape index (κ1) is 25.2. The molecule has 2 aromatic rings. The van der Waals surface area contributed by atoms with E-state index in [2.05, 4.69) is 26.6 Å². The van der Waals surface area contributed by atoms with Gasteiger partial charge < -0.3 is 24.8 Å². The predicted molar refractivity (Wildman–Crippen MR) is 135 cm³/mol. The summed E-state index contributed by atoms with van der Waals surface area (Å²) in [6, 6.07) is 16.1. The molecule has 0 aliphatic carbocycles. The Labute approximate surface area is 202 Å². The van der Waals surface area contributed by atoms with Gasteiger partial charge in [-0.1, -0.05) is 30.3 Å². The van der Waals surface area contributed by atoms with Gasteiger partial charge in [-0.15, -0.1) is 24.0 Å². The molecule has 2 N–H and O–H groups in total. The quantitative estimate of drug-likeness (QED) is 0.290. The van der Waals surface area contributed by atoms with Crippen molar-refractivity contribution in [1.29, 1.82) is 0 Å². The Bertz CT molecular complexity index is 796. The third-order valence-corrected chi connectivity index (χ3v) is 5.03. The number of hydrogen-bond acceptors (Lipinski definition) is 5. The fraction of sp³-hybridized carbons (Fsp3) is 0.435. The van der Waals surface area contributed by atoms with E-state index >= 15 is 0 Å². The Kier molecular flexibility index (Phi) is 11.5. The molecule has 0 bridgehead atoms. The van der Waals surface area contributed by atoms with Gasteiger partial charge in [-0.2, -0.15) is 0 Å². The number of aliphatic imine (C=N–C) groups is 1. The number of ether oxygens (including phenoxy) is 3. The van der Waals surface area contributed by atoms with Crippen LogP contribution in [0.3, 0.4) is 0 Å². The van der Waals surface area contributed by atoms with Crippen molar-refractivity contribution in [3.05, 3.63) is 59.7 Å². The van der Waals surface area contributed by atoms with E-state index in [1.807, 2.05) is 42.5 Å². The van der Waals surface area contributed by atoms with E-state index < -0.39 is 0 Å². The Morgan fingerprint density at radius 2 is 1.74 bits per heavy atom. The largest absolute Gasteiger partial charge is 0.497 e.